The molecule has 3 aromatic rings. The Morgan fingerprint density at radius 3 is 2.23 bits per heavy atom. The van der Waals surface area contributed by atoms with Gasteiger partial charge in [0.15, 0.2) is 0 Å². The van der Waals surface area contributed by atoms with E-state index in [1.54, 1.807) is 38.4 Å². The Hall–Kier alpha value is -0.440. The number of thiol groups is 1. The molecule has 1 N–H and O–H groups in total. The maximum absolute atomic E-state index is 10.1. The predicted octanol–water partition coefficient (Wildman–Crippen LogP) is 8.07. The van der Waals surface area contributed by atoms with E-state index in [-0.39, 0.29) is 0 Å². The number of aromatic hydroxyl groups is 1. The van der Waals surface area contributed by atoms with E-state index in [9.17, 15) is 5.11 Å². The average molecular weight is 453 g/mol. The van der Waals surface area contributed by atoms with Crippen molar-refractivity contribution in [3.05, 3.63) is 78.4 Å². The zero-order valence-corrected chi connectivity index (χ0v) is 18.5. The van der Waals surface area contributed by atoms with Crippen LogP contribution in [0, 0.1) is 0 Å². The highest BCUT2D eigenvalue weighted by molar-refractivity contribution is 8.77. The summed E-state index contributed by atoms with van der Waals surface area (Å²) in [6.45, 7) is 0. The zero-order chi connectivity index (χ0) is 18.2. The summed E-state index contributed by atoms with van der Waals surface area (Å²) in [5.74, 6) is 1.28. The van der Waals surface area contributed by atoms with Gasteiger partial charge in [-0.15, -0.1) is 11.7 Å². The van der Waals surface area contributed by atoms with E-state index in [4.69, 9.17) is 0 Å². The number of benzene rings is 3. The second kappa shape index (κ2) is 10.8. The Kier molecular flexibility index (Phi) is 8.42. The fourth-order valence-corrected chi connectivity index (χ4v) is 6.94. The molecule has 3 aromatic carbocycles. The van der Waals surface area contributed by atoms with Gasteiger partial charge in [0.05, 0.1) is 4.90 Å². The molecule has 0 radical (unpaired) electrons. The van der Waals surface area contributed by atoms with Gasteiger partial charge in [0.2, 0.25) is 0 Å². The summed E-state index contributed by atoms with van der Waals surface area (Å²) >= 11 is 4.15. The summed E-state index contributed by atoms with van der Waals surface area (Å²) in [6.07, 6.45) is 0. The molecule has 0 unspecified atom stereocenters. The van der Waals surface area contributed by atoms with Crippen molar-refractivity contribution in [3.8, 4) is 5.75 Å². The number of rotatable bonds is 8. The van der Waals surface area contributed by atoms with Gasteiger partial charge in [-0.05, 0) is 52.8 Å². The lowest BCUT2D eigenvalue weighted by molar-refractivity contribution is 0.461. The average Bonchev–Trinajstić information content (AvgIpc) is 2.68. The fourth-order valence-electron chi connectivity index (χ4n) is 2.04. The molecule has 26 heavy (non-hydrogen) atoms. The van der Waals surface area contributed by atoms with Crippen molar-refractivity contribution in [3.63, 3.8) is 0 Å². The summed E-state index contributed by atoms with van der Waals surface area (Å²) in [6, 6.07) is 24.6. The molecular weight excluding hydrogens is 437 g/mol. The van der Waals surface area contributed by atoms with E-state index >= 15 is 0 Å². The van der Waals surface area contributed by atoms with Crippen LogP contribution in [0.5, 0.6) is 5.75 Å². The third-order valence-corrected chi connectivity index (χ3v) is 9.11. The SMILES string of the molecule is Oc1cc(SS)ccc1SSc1cccc(SSCc2ccccc2)c1. The molecule has 1 nitrogen and oxygen atoms in total. The first-order valence-electron chi connectivity index (χ1n) is 7.67. The van der Waals surface area contributed by atoms with E-state index in [1.807, 2.05) is 29.0 Å². The second-order valence-corrected chi connectivity index (χ2v) is 11.0. The third-order valence-electron chi connectivity index (χ3n) is 3.29. The van der Waals surface area contributed by atoms with Crippen LogP contribution in [-0.4, -0.2) is 5.11 Å². The molecule has 0 atom stereocenters. The van der Waals surface area contributed by atoms with Gasteiger partial charge in [0.1, 0.15) is 5.75 Å². The Morgan fingerprint density at radius 2 is 1.50 bits per heavy atom. The highest BCUT2D eigenvalue weighted by Gasteiger charge is 2.06. The van der Waals surface area contributed by atoms with Crippen molar-refractivity contribution < 1.29 is 5.11 Å². The Labute approximate surface area is 179 Å². The topological polar surface area (TPSA) is 20.2 Å². The van der Waals surface area contributed by atoms with Crippen LogP contribution in [0.1, 0.15) is 5.56 Å². The molecule has 0 aliphatic heterocycles. The maximum Gasteiger partial charge on any atom is 0.131 e. The number of phenolic OH excluding ortho intramolecular Hbond substituents is 1. The largest absolute Gasteiger partial charge is 0.507 e. The van der Waals surface area contributed by atoms with Gasteiger partial charge < -0.3 is 5.11 Å². The van der Waals surface area contributed by atoms with E-state index in [0.717, 1.165) is 15.5 Å². The standard InChI is InChI=1S/C19H16OS6/c20-18-12-15(23-21)9-10-19(18)26-25-17-8-4-7-16(11-17)24-22-13-14-5-2-1-3-6-14/h1-12,20-21H,13H2. The summed E-state index contributed by atoms with van der Waals surface area (Å²) in [4.78, 5) is 4.21. The van der Waals surface area contributed by atoms with Gasteiger partial charge in [-0.25, -0.2) is 0 Å². The molecule has 0 bridgehead atoms. The van der Waals surface area contributed by atoms with Crippen LogP contribution in [0.2, 0.25) is 0 Å². The maximum atomic E-state index is 10.1. The van der Waals surface area contributed by atoms with Gasteiger partial charge in [0, 0.05) is 20.4 Å². The van der Waals surface area contributed by atoms with Crippen LogP contribution < -0.4 is 0 Å². The van der Waals surface area contributed by atoms with Crippen molar-refractivity contribution in [2.75, 3.05) is 0 Å². The van der Waals surface area contributed by atoms with E-state index < -0.39 is 0 Å². The Morgan fingerprint density at radius 1 is 0.731 bits per heavy atom. The highest BCUT2D eigenvalue weighted by Crippen LogP contribution is 2.44. The van der Waals surface area contributed by atoms with Gasteiger partial charge in [-0.2, -0.15) is 0 Å². The van der Waals surface area contributed by atoms with Gasteiger partial charge in [-0.1, -0.05) is 79.6 Å². The number of phenols is 1. The lowest BCUT2D eigenvalue weighted by atomic mass is 10.2. The number of hydrogen-bond acceptors (Lipinski definition) is 7. The van der Waals surface area contributed by atoms with Gasteiger partial charge >= 0.3 is 0 Å². The molecule has 0 aliphatic rings. The molecule has 0 fully saturated rings. The molecule has 0 aromatic heterocycles. The molecule has 0 amide bonds. The molecule has 0 saturated heterocycles. The smallest absolute Gasteiger partial charge is 0.131 e. The van der Waals surface area contributed by atoms with Crippen molar-refractivity contribution in [2.24, 2.45) is 0 Å². The Bertz CT molecular complexity index is 840. The summed E-state index contributed by atoms with van der Waals surface area (Å²) in [5.41, 5.74) is 1.34. The van der Waals surface area contributed by atoms with E-state index in [2.05, 4.69) is 60.2 Å². The molecule has 134 valence electrons. The fraction of sp³-hybridized carbons (Fsp3) is 0.0526. The third kappa shape index (κ3) is 6.32. The molecule has 0 heterocycles. The molecule has 0 aliphatic carbocycles. The molecule has 0 saturated carbocycles. The predicted molar refractivity (Wildman–Crippen MR) is 125 cm³/mol. The quantitative estimate of drug-likeness (QED) is 0.264. The second-order valence-electron chi connectivity index (χ2n) is 5.19. The van der Waals surface area contributed by atoms with Crippen molar-refractivity contribution in [2.45, 2.75) is 25.3 Å². The first-order chi connectivity index (χ1) is 12.7. The lowest BCUT2D eigenvalue weighted by Gasteiger charge is -2.07. The highest BCUT2D eigenvalue weighted by atomic mass is 33.1. The van der Waals surface area contributed by atoms with Crippen molar-refractivity contribution in [1.82, 2.24) is 0 Å². The molecule has 7 heteroatoms. The number of hydrogen-bond donors (Lipinski definition) is 2. The van der Waals surface area contributed by atoms with Crippen LogP contribution in [0.4, 0.5) is 0 Å². The van der Waals surface area contributed by atoms with Crippen LogP contribution in [0.3, 0.4) is 0 Å². The van der Waals surface area contributed by atoms with Crippen LogP contribution >= 0.6 is 65.6 Å². The summed E-state index contributed by atoms with van der Waals surface area (Å²) < 4.78 is 0. The Balaban J connectivity index is 1.54. The normalized spacial score (nSPS) is 10.8. The summed E-state index contributed by atoms with van der Waals surface area (Å²) in [7, 11) is 8.18. The first-order valence-corrected chi connectivity index (χ1v) is 14.0. The monoisotopic (exact) mass is 452 g/mol. The van der Waals surface area contributed by atoms with E-state index in [1.165, 1.54) is 26.1 Å². The van der Waals surface area contributed by atoms with Crippen LogP contribution in [0.25, 0.3) is 0 Å². The zero-order valence-electron chi connectivity index (χ0n) is 13.6. The van der Waals surface area contributed by atoms with Crippen LogP contribution in [-0.2, 0) is 5.75 Å². The molecular formula is C19H16OS6. The van der Waals surface area contributed by atoms with Crippen LogP contribution in [0.15, 0.2) is 92.4 Å². The summed E-state index contributed by atoms with van der Waals surface area (Å²) in [5, 5.41) is 10.1. The molecule has 3 rings (SSSR count). The van der Waals surface area contributed by atoms with Gasteiger partial charge in [0.25, 0.3) is 0 Å². The lowest BCUT2D eigenvalue weighted by Crippen LogP contribution is -1.77. The van der Waals surface area contributed by atoms with E-state index in [0.29, 0.717) is 5.75 Å². The van der Waals surface area contributed by atoms with Crippen molar-refractivity contribution >= 4 is 65.6 Å². The molecule has 0 spiro atoms. The first kappa shape index (κ1) is 20.3. The van der Waals surface area contributed by atoms with Crippen molar-refractivity contribution in [1.29, 1.82) is 0 Å². The van der Waals surface area contributed by atoms with Gasteiger partial charge in [-0.3, -0.25) is 0 Å². The minimum Gasteiger partial charge on any atom is -0.507 e. The minimum absolute atomic E-state index is 0.297. The minimum atomic E-state index is 0.297.